The molecular formula is C22H16ClFN4O2. The van der Waals surface area contributed by atoms with Crippen molar-refractivity contribution >= 4 is 28.4 Å². The minimum Gasteiger partial charge on any atom is -0.505 e. The van der Waals surface area contributed by atoms with Crippen LogP contribution in [0.4, 0.5) is 4.39 Å². The fourth-order valence-electron chi connectivity index (χ4n) is 4.33. The summed E-state index contributed by atoms with van der Waals surface area (Å²) >= 11 is 5.87. The minimum absolute atomic E-state index is 0.0411. The van der Waals surface area contributed by atoms with Gasteiger partial charge in [-0.05, 0) is 29.7 Å². The highest BCUT2D eigenvalue weighted by Crippen LogP contribution is 2.39. The van der Waals surface area contributed by atoms with Crippen LogP contribution >= 0.6 is 11.6 Å². The van der Waals surface area contributed by atoms with E-state index in [0.29, 0.717) is 40.7 Å². The van der Waals surface area contributed by atoms with Gasteiger partial charge < -0.3 is 5.11 Å². The van der Waals surface area contributed by atoms with E-state index in [2.05, 4.69) is 11.1 Å². The molecule has 3 aromatic rings. The number of hydrazine groups is 1. The van der Waals surface area contributed by atoms with Crippen LogP contribution in [0.15, 0.2) is 30.5 Å². The van der Waals surface area contributed by atoms with Gasteiger partial charge in [-0.25, -0.2) is 9.40 Å². The monoisotopic (exact) mass is 422 g/mol. The SMILES string of the molecule is N#Cc1c2c(c(O)c3ncc(Cc4cccc(Cl)c4F)cc13)C(=O)N1CCCN1C2. The van der Waals surface area contributed by atoms with Gasteiger partial charge >= 0.3 is 0 Å². The molecule has 30 heavy (non-hydrogen) atoms. The first-order chi connectivity index (χ1) is 14.5. The van der Waals surface area contributed by atoms with Gasteiger partial charge in [0.05, 0.1) is 16.1 Å². The fourth-order valence-corrected chi connectivity index (χ4v) is 4.52. The molecule has 2 aromatic carbocycles. The Kier molecular flexibility index (Phi) is 4.35. The van der Waals surface area contributed by atoms with Crippen molar-refractivity contribution < 1.29 is 14.3 Å². The van der Waals surface area contributed by atoms with E-state index < -0.39 is 5.82 Å². The molecule has 5 rings (SSSR count). The van der Waals surface area contributed by atoms with Crippen LogP contribution in [0.5, 0.6) is 5.75 Å². The number of halogens is 2. The van der Waals surface area contributed by atoms with Gasteiger partial charge in [0.2, 0.25) is 0 Å². The predicted octanol–water partition coefficient (Wildman–Crippen LogP) is 3.77. The van der Waals surface area contributed by atoms with Crippen molar-refractivity contribution in [3.05, 3.63) is 69.1 Å². The largest absolute Gasteiger partial charge is 0.505 e. The second kappa shape index (κ2) is 6.94. The molecule has 0 saturated carbocycles. The Morgan fingerprint density at radius 1 is 1.33 bits per heavy atom. The molecule has 8 heteroatoms. The normalized spacial score (nSPS) is 15.9. The first-order valence-electron chi connectivity index (χ1n) is 9.55. The van der Waals surface area contributed by atoms with Crippen molar-refractivity contribution in [2.24, 2.45) is 0 Å². The number of fused-ring (bicyclic) bond motifs is 3. The van der Waals surface area contributed by atoms with Crippen molar-refractivity contribution in [3.63, 3.8) is 0 Å². The summed E-state index contributed by atoms with van der Waals surface area (Å²) in [4.78, 5) is 17.3. The Labute approximate surface area is 176 Å². The lowest BCUT2D eigenvalue weighted by molar-refractivity contribution is 0.00991. The number of aromatic hydroxyl groups is 1. The molecule has 0 atom stereocenters. The number of amides is 1. The summed E-state index contributed by atoms with van der Waals surface area (Å²) in [7, 11) is 0. The molecule has 1 aromatic heterocycles. The molecule has 0 bridgehead atoms. The van der Waals surface area contributed by atoms with Gasteiger partial charge in [0.15, 0.2) is 5.75 Å². The lowest BCUT2D eigenvalue weighted by Crippen LogP contribution is -2.45. The van der Waals surface area contributed by atoms with Gasteiger partial charge in [-0.15, -0.1) is 0 Å². The van der Waals surface area contributed by atoms with E-state index in [4.69, 9.17) is 11.6 Å². The molecule has 3 heterocycles. The number of aromatic nitrogens is 1. The van der Waals surface area contributed by atoms with Crippen molar-refractivity contribution in [1.29, 1.82) is 5.26 Å². The van der Waals surface area contributed by atoms with Crippen LogP contribution in [-0.4, -0.2) is 39.1 Å². The molecule has 0 unspecified atom stereocenters. The van der Waals surface area contributed by atoms with Gasteiger partial charge in [-0.1, -0.05) is 23.7 Å². The second-order valence-corrected chi connectivity index (χ2v) is 7.90. The number of pyridine rings is 1. The van der Waals surface area contributed by atoms with Crippen molar-refractivity contribution in [2.75, 3.05) is 13.1 Å². The molecule has 150 valence electrons. The summed E-state index contributed by atoms with van der Waals surface area (Å²) in [6.07, 6.45) is 2.60. The van der Waals surface area contributed by atoms with Crippen LogP contribution in [0.25, 0.3) is 10.9 Å². The summed E-state index contributed by atoms with van der Waals surface area (Å²) in [5, 5.41) is 24.8. The van der Waals surface area contributed by atoms with Gasteiger partial charge in [-0.3, -0.25) is 14.8 Å². The second-order valence-electron chi connectivity index (χ2n) is 7.49. The third-order valence-corrected chi connectivity index (χ3v) is 6.02. The summed E-state index contributed by atoms with van der Waals surface area (Å²) in [6, 6.07) is 8.71. The van der Waals surface area contributed by atoms with Gasteiger partial charge in [-0.2, -0.15) is 5.26 Å². The van der Waals surface area contributed by atoms with Crippen molar-refractivity contribution in [3.8, 4) is 11.8 Å². The molecule has 0 aliphatic carbocycles. The Morgan fingerprint density at radius 3 is 2.97 bits per heavy atom. The van der Waals surface area contributed by atoms with Gasteiger partial charge in [0, 0.05) is 43.2 Å². The number of benzene rings is 2. The van der Waals surface area contributed by atoms with Gasteiger partial charge in [0.25, 0.3) is 5.91 Å². The van der Waals surface area contributed by atoms with Crippen molar-refractivity contribution in [1.82, 2.24) is 15.0 Å². The topological polar surface area (TPSA) is 80.5 Å². The number of carbonyl (C=O) groups excluding carboxylic acids is 1. The van der Waals surface area contributed by atoms with Crippen LogP contribution in [0.1, 0.15) is 39.0 Å². The third-order valence-electron chi connectivity index (χ3n) is 5.73. The van der Waals surface area contributed by atoms with E-state index in [-0.39, 0.29) is 34.2 Å². The van der Waals surface area contributed by atoms with Crippen molar-refractivity contribution in [2.45, 2.75) is 19.4 Å². The molecule has 0 spiro atoms. The number of carbonyl (C=O) groups is 1. The molecule has 6 nitrogen and oxygen atoms in total. The molecule has 1 fully saturated rings. The smallest absolute Gasteiger partial charge is 0.272 e. The quantitative estimate of drug-likeness (QED) is 0.680. The number of hydrogen-bond donors (Lipinski definition) is 1. The van der Waals surface area contributed by atoms with E-state index in [0.717, 1.165) is 13.0 Å². The van der Waals surface area contributed by atoms with E-state index in [1.54, 1.807) is 23.2 Å². The maximum atomic E-state index is 14.3. The molecule has 0 radical (unpaired) electrons. The van der Waals surface area contributed by atoms with Crippen LogP contribution < -0.4 is 0 Å². The lowest BCUT2D eigenvalue weighted by Gasteiger charge is -2.34. The first kappa shape index (κ1) is 18.8. The standard InChI is InChI=1S/C22H16ClFN4O2/c23-17-4-1-3-13(19(17)24)7-12-8-14-15(9-25)16-11-27-5-2-6-28(27)22(30)18(16)21(29)20(14)26-10-12/h1,3-4,8,10,29H,2,5-7,11H2. The minimum atomic E-state index is -0.493. The maximum Gasteiger partial charge on any atom is 0.272 e. The highest BCUT2D eigenvalue weighted by atomic mass is 35.5. The Morgan fingerprint density at radius 2 is 2.17 bits per heavy atom. The fraction of sp³-hybridized carbons (Fsp3) is 0.227. The molecule has 1 N–H and O–H groups in total. The Balaban J connectivity index is 1.67. The van der Waals surface area contributed by atoms with E-state index in [9.17, 15) is 19.6 Å². The van der Waals surface area contributed by atoms with Crippen LogP contribution in [0.3, 0.4) is 0 Å². The summed E-state index contributed by atoms with van der Waals surface area (Å²) < 4.78 is 14.3. The number of phenolic OH excluding ortho intramolecular Hbond substituents is 1. The summed E-state index contributed by atoms with van der Waals surface area (Å²) in [5.74, 6) is -1.01. The number of phenols is 1. The zero-order valence-electron chi connectivity index (χ0n) is 15.8. The summed E-state index contributed by atoms with van der Waals surface area (Å²) in [5.41, 5.74) is 2.26. The van der Waals surface area contributed by atoms with Gasteiger partial charge in [0.1, 0.15) is 17.4 Å². The Hall–Kier alpha value is -3.21. The average Bonchev–Trinajstić information content (AvgIpc) is 3.21. The predicted molar refractivity (Wildman–Crippen MR) is 108 cm³/mol. The highest BCUT2D eigenvalue weighted by molar-refractivity contribution is 6.30. The highest BCUT2D eigenvalue weighted by Gasteiger charge is 2.38. The maximum absolute atomic E-state index is 14.3. The summed E-state index contributed by atoms with van der Waals surface area (Å²) in [6.45, 7) is 1.69. The van der Waals surface area contributed by atoms with Crippen LogP contribution in [-0.2, 0) is 13.0 Å². The molecule has 1 saturated heterocycles. The van der Waals surface area contributed by atoms with E-state index >= 15 is 0 Å². The van der Waals surface area contributed by atoms with Crippen LogP contribution in [0, 0.1) is 17.1 Å². The third kappa shape index (κ3) is 2.72. The average molecular weight is 423 g/mol. The number of rotatable bonds is 2. The number of nitrogens with zero attached hydrogens (tertiary/aromatic N) is 4. The number of hydrogen-bond acceptors (Lipinski definition) is 5. The molecule has 2 aliphatic rings. The van der Waals surface area contributed by atoms with Crippen LogP contribution in [0.2, 0.25) is 5.02 Å². The Bertz CT molecular complexity index is 1270. The zero-order chi connectivity index (χ0) is 21.0. The first-order valence-corrected chi connectivity index (χ1v) is 9.93. The van der Waals surface area contributed by atoms with E-state index in [1.165, 1.54) is 12.3 Å². The zero-order valence-corrected chi connectivity index (χ0v) is 16.6. The molecular weight excluding hydrogens is 407 g/mol. The molecule has 2 aliphatic heterocycles. The van der Waals surface area contributed by atoms with E-state index in [1.807, 2.05) is 5.01 Å². The number of nitriles is 1. The lowest BCUT2D eigenvalue weighted by atomic mass is 9.92. The molecule has 1 amide bonds.